The standard InChI is InChI=1S/C11H21NO10S/c1-5(14)12-8-6(15)3-11(2,22-23(18,19)20)21-10(8)9(17)7(16)4-13/h6-10,13,15-17H,3-4H2,1-2H3,(H,12,14)(H,18,19,20)/t6-,7+,8+,9+,10+,11-/m0/s1. The van der Waals surface area contributed by atoms with Gasteiger partial charge in [0, 0.05) is 13.3 Å². The molecule has 1 fully saturated rings. The lowest BCUT2D eigenvalue weighted by Gasteiger charge is -2.46. The smallest absolute Gasteiger partial charge is 0.394 e. The summed E-state index contributed by atoms with van der Waals surface area (Å²) in [5, 5.41) is 40.9. The van der Waals surface area contributed by atoms with Crippen molar-refractivity contribution < 1.29 is 47.1 Å². The molecule has 6 atom stereocenters. The molecule has 0 aromatic rings. The van der Waals surface area contributed by atoms with Crippen LogP contribution in [0.1, 0.15) is 20.3 Å². The average molecular weight is 359 g/mol. The number of ether oxygens (including phenoxy) is 1. The highest BCUT2D eigenvalue weighted by atomic mass is 32.3. The second-order valence-corrected chi connectivity index (χ2v) is 6.49. The number of hydrogen-bond donors (Lipinski definition) is 6. The molecule has 0 aromatic carbocycles. The fourth-order valence-corrected chi connectivity index (χ4v) is 2.99. The van der Waals surface area contributed by atoms with E-state index >= 15 is 0 Å². The van der Waals surface area contributed by atoms with E-state index < -0.39 is 65.6 Å². The summed E-state index contributed by atoms with van der Waals surface area (Å²) >= 11 is 0. The number of rotatable bonds is 6. The monoisotopic (exact) mass is 359 g/mol. The summed E-state index contributed by atoms with van der Waals surface area (Å²) in [5.74, 6) is -2.63. The maximum atomic E-state index is 11.2. The Morgan fingerprint density at radius 2 is 2.04 bits per heavy atom. The van der Waals surface area contributed by atoms with Gasteiger partial charge in [0.1, 0.15) is 18.3 Å². The Hall–Kier alpha value is -0.860. The highest BCUT2D eigenvalue weighted by molar-refractivity contribution is 7.80. The molecule has 0 aromatic heterocycles. The summed E-state index contributed by atoms with van der Waals surface area (Å²) in [6.45, 7) is 1.37. The lowest BCUT2D eigenvalue weighted by atomic mass is 9.89. The molecule has 136 valence electrons. The Labute approximate surface area is 132 Å². The lowest BCUT2D eigenvalue weighted by Crippen LogP contribution is -2.65. The van der Waals surface area contributed by atoms with Gasteiger partial charge in [-0.2, -0.15) is 8.42 Å². The van der Waals surface area contributed by atoms with Crippen molar-refractivity contribution in [3.8, 4) is 0 Å². The molecule has 6 N–H and O–H groups in total. The van der Waals surface area contributed by atoms with Gasteiger partial charge in [0.15, 0.2) is 5.79 Å². The molecule has 23 heavy (non-hydrogen) atoms. The van der Waals surface area contributed by atoms with Gasteiger partial charge in [-0.15, -0.1) is 0 Å². The molecule has 1 rings (SSSR count). The van der Waals surface area contributed by atoms with Crippen molar-refractivity contribution in [2.45, 2.75) is 56.5 Å². The van der Waals surface area contributed by atoms with Gasteiger partial charge in [-0.1, -0.05) is 0 Å². The summed E-state index contributed by atoms with van der Waals surface area (Å²) in [7, 11) is -4.94. The van der Waals surface area contributed by atoms with Crippen molar-refractivity contribution in [3.63, 3.8) is 0 Å². The minimum atomic E-state index is -4.94. The zero-order valence-corrected chi connectivity index (χ0v) is 13.3. The molecule has 1 amide bonds. The fourth-order valence-electron chi connectivity index (χ4n) is 2.43. The predicted molar refractivity (Wildman–Crippen MR) is 73.2 cm³/mol. The largest absolute Gasteiger partial charge is 0.400 e. The topological polar surface area (TPSA) is 183 Å². The summed E-state index contributed by atoms with van der Waals surface area (Å²) in [6, 6.07) is -1.21. The van der Waals surface area contributed by atoms with Gasteiger partial charge >= 0.3 is 10.4 Å². The number of aliphatic hydroxyl groups excluding tert-OH is 4. The zero-order valence-electron chi connectivity index (χ0n) is 12.5. The second-order valence-electron chi connectivity index (χ2n) is 5.47. The predicted octanol–water partition coefficient (Wildman–Crippen LogP) is -3.11. The molecule has 0 bridgehead atoms. The molecule has 0 radical (unpaired) electrons. The Morgan fingerprint density at radius 1 is 1.48 bits per heavy atom. The molecule has 11 nitrogen and oxygen atoms in total. The van der Waals surface area contributed by atoms with Crippen molar-refractivity contribution >= 4 is 16.3 Å². The van der Waals surface area contributed by atoms with Gasteiger partial charge in [-0.05, 0) is 6.92 Å². The fraction of sp³-hybridized carbons (Fsp3) is 0.909. The van der Waals surface area contributed by atoms with Crippen LogP contribution in [0, 0.1) is 0 Å². The number of hydrogen-bond acceptors (Lipinski definition) is 9. The number of carbonyl (C=O) groups excluding carboxylic acids is 1. The SMILES string of the molecule is CC(=O)N[C@H]1[C@H]([C@H](O)[C@H](O)CO)O[C@@](C)(OS(=O)(=O)O)C[C@@H]1O. The van der Waals surface area contributed by atoms with Gasteiger partial charge in [-0.3, -0.25) is 9.35 Å². The molecule has 1 aliphatic rings. The normalized spacial score (nSPS) is 34.7. The van der Waals surface area contributed by atoms with Crippen LogP contribution in [0.3, 0.4) is 0 Å². The Kier molecular flexibility index (Phi) is 6.46. The Morgan fingerprint density at radius 3 is 2.48 bits per heavy atom. The van der Waals surface area contributed by atoms with E-state index in [1.54, 1.807) is 0 Å². The third-order valence-corrected chi connectivity index (χ3v) is 3.87. The van der Waals surface area contributed by atoms with Crippen LogP contribution in [0.2, 0.25) is 0 Å². The maximum absolute atomic E-state index is 11.2. The van der Waals surface area contributed by atoms with Gasteiger partial charge in [-0.25, -0.2) is 4.18 Å². The molecule has 0 spiro atoms. The van der Waals surface area contributed by atoms with Crippen LogP contribution in [0.5, 0.6) is 0 Å². The first-order valence-corrected chi connectivity index (χ1v) is 8.03. The molecule has 0 saturated carbocycles. The number of carbonyl (C=O) groups is 1. The highest BCUT2D eigenvalue weighted by Crippen LogP contribution is 2.33. The first-order valence-electron chi connectivity index (χ1n) is 6.66. The summed E-state index contributed by atoms with van der Waals surface area (Å²) in [5.41, 5.74) is 0. The molecule has 0 aliphatic carbocycles. The van der Waals surface area contributed by atoms with Crippen LogP contribution in [0.4, 0.5) is 0 Å². The highest BCUT2D eigenvalue weighted by Gasteiger charge is 2.50. The summed E-state index contributed by atoms with van der Waals surface area (Å²) < 4.78 is 40.2. The minimum absolute atomic E-state index is 0.462. The lowest BCUT2D eigenvalue weighted by molar-refractivity contribution is -0.280. The molecule has 1 aliphatic heterocycles. The van der Waals surface area contributed by atoms with E-state index in [-0.39, 0.29) is 0 Å². The average Bonchev–Trinajstić information content (AvgIpc) is 2.37. The van der Waals surface area contributed by atoms with Crippen LogP contribution < -0.4 is 5.32 Å². The van der Waals surface area contributed by atoms with Crippen LogP contribution >= 0.6 is 0 Å². The van der Waals surface area contributed by atoms with Crippen LogP contribution in [0.25, 0.3) is 0 Å². The molecule has 1 saturated heterocycles. The van der Waals surface area contributed by atoms with Gasteiger partial charge in [0.2, 0.25) is 5.91 Å². The van der Waals surface area contributed by atoms with E-state index in [1.165, 1.54) is 0 Å². The van der Waals surface area contributed by atoms with E-state index in [2.05, 4.69) is 9.50 Å². The van der Waals surface area contributed by atoms with E-state index in [0.29, 0.717) is 0 Å². The number of amides is 1. The Bertz CT molecular complexity index is 525. The van der Waals surface area contributed by atoms with Crippen molar-refractivity contribution in [2.24, 2.45) is 0 Å². The van der Waals surface area contributed by atoms with Crippen LogP contribution in [-0.2, 0) is 24.1 Å². The van der Waals surface area contributed by atoms with E-state index in [4.69, 9.17) is 14.4 Å². The van der Waals surface area contributed by atoms with Crippen molar-refractivity contribution in [2.75, 3.05) is 6.61 Å². The zero-order chi connectivity index (χ0) is 18.0. The van der Waals surface area contributed by atoms with Crippen molar-refractivity contribution in [1.82, 2.24) is 5.32 Å². The van der Waals surface area contributed by atoms with E-state index in [1.807, 2.05) is 0 Å². The molecular formula is C11H21NO10S. The summed E-state index contributed by atoms with van der Waals surface area (Å²) in [4.78, 5) is 11.2. The van der Waals surface area contributed by atoms with Crippen molar-refractivity contribution in [3.05, 3.63) is 0 Å². The van der Waals surface area contributed by atoms with Gasteiger partial charge in [0.05, 0.1) is 18.8 Å². The second kappa shape index (κ2) is 7.36. The van der Waals surface area contributed by atoms with Crippen molar-refractivity contribution in [1.29, 1.82) is 0 Å². The molecular weight excluding hydrogens is 338 g/mol. The van der Waals surface area contributed by atoms with Crippen LogP contribution in [-0.4, -0.2) is 82.2 Å². The van der Waals surface area contributed by atoms with Gasteiger partial charge < -0.3 is 30.5 Å². The van der Waals surface area contributed by atoms with Crippen LogP contribution in [0.15, 0.2) is 0 Å². The molecule has 12 heteroatoms. The van der Waals surface area contributed by atoms with E-state index in [9.17, 15) is 28.5 Å². The maximum Gasteiger partial charge on any atom is 0.400 e. The third kappa shape index (κ3) is 5.61. The number of aliphatic hydroxyl groups is 4. The van der Waals surface area contributed by atoms with Gasteiger partial charge in [0.25, 0.3) is 0 Å². The molecule has 1 heterocycles. The first kappa shape index (κ1) is 20.2. The minimum Gasteiger partial charge on any atom is -0.394 e. The molecule has 0 unspecified atom stereocenters. The van der Waals surface area contributed by atoms with E-state index in [0.717, 1.165) is 13.8 Å². The summed E-state index contributed by atoms with van der Waals surface area (Å²) in [6.07, 6.45) is -6.87. The third-order valence-electron chi connectivity index (χ3n) is 3.30. The Balaban J connectivity index is 3.11. The quantitative estimate of drug-likeness (QED) is 0.265. The first-order chi connectivity index (χ1) is 10.4. The number of nitrogens with one attached hydrogen (secondary N) is 1.